The normalized spacial score (nSPS) is 11.8. The summed E-state index contributed by atoms with van der Waals surface area (Å²) in [5.74, 6) is -0.926. The van der Waals surface area contributed by atoms with Crippen LogP contribution in [-0.2, 0) is 13.0 Å². The van der Waals surface area contributed by atoms with Crippen LogP contribution in [0, 0.1) is 5.82 Å². The topological polar surface area (TPSA) is 34.4 Å². The maximum absolute atomic E-state index is 13.5. The van der Waals surface area contributed by atoms with Gasteiger partial charge in [-0.15, -0.1) is 11.3 Å². The van der Waals surface area contributed by atoms with Gasteiger partial charge in [0.1, 0.15) is 5.82 Å². The Hall–Kier alpha value is -1.95. The molecule has 3 aromatic rings. The van der Waals surface area contributed by atoms with E-state index in [1.54, 1.807) is 12.1 Å². The van der Waals surface area contributed by atoms with Gasteiger partial charge in [-0.25, -0.2) is 4.39 Å². The quantitative estimate of drug-likeness (QED) is 0.456. The Labute approximate surface area is 177 Å². The first kappa shape index (κ1) is 20.8. The van der Waals surface area contributed by atoms with Gasteiger partial charge in [-0.3, -0.25) is 4.79 Å². The van der Waals surface area contributed by atoms with Crippen LogP contribution in [0.2, 0.25) is 10.0 Å². The van der Waals surface area contributed by atoms with Crippen LogP contribution < -0.4 is 4.80 Å². The van der Waals surface area contributed by atoms with Gasteiger partial charge in [0.05, 0.1) is 15.7 Å². The molecule has 2 aromatic carbocycles. The molecule has 3 nitrogen and oxygen atoms in total. The molecule has 0 spiro atoms. The maximum atomic E-state index is 13.5. The molecule has 0 saturated heterocycles. The SMILES string of the molecule is CCCc1sc(=NC(=O)c2cccc(F)c2)n(CC)c1-c1ccc(Cl)c(Cl)c1. The zero-order chi connectivity index (χ0) is 20.3. The van der Waals surface area contributed by atoms with Gasteiger partial charge in [-0.05, 0) is 43.7 Å². The van der Waals surface area contributed by atoms with E-state index in [0.717, 1.165) is 29.0 Å². The second-order valence-electron chi connectivity index (χ2n) is 6.21. The summed E-state index contributed by atoms with van der Waals surface area (Å²) in [5, 5.41) is 0.969. The van der Waals surface area contributed by atoms with E-state index in [0.29, 0.717) is 21.4 Å². The Kier molecular flexibility index (Phi) is 6.70. The van der Waals surface area contributed by atoms with Crippen LogP contribution in [0.4, 0.5) is 4.39 Å². The van der Waals surface area contributed by atoms with Gasteiger partial charge in [0, 0.05) is 22.5 Å². The third kappa shape index (κ3) is 4.37. The molecule has 3 rings (SSSR count). The first-order chi connectivity index (χ1) is 13.4. The highest BCUT2D eigenvalue weighted by molar-refractivity contribution is 7.09. The first-order valence-corrected chi connectivity index (χ1v) is 10.5. The molecule has 28 heavy (non-hydrogen) atoms. The number of halogens is 3. The lowest BCUT2D eigenvalue weighted by molar-refractivity contribution is 0.0997. The van der Waals surface area contributed by atoms with Gasteiger partial charge in [0.25, 0.3) is 5.91 Å². The summed E-state index contributed by atoms with van der Waals surface area (Å²) in [6.07, 6.45) is 1.81. The second-order valence-corrected chi connectivity index (χ2v) is 8.08. The van der Waals surface area contributed by atoms with E-state index in [1.165, 1.54) is 29.5 Å². The van der Waals surface area contributed by atoms with Crippen molar-refractivity contribution in [3.8, 4) is 11.3 Å². The van der Waals surface area contributed by atoms with Crippen molar-refractivity contribution in [1.82, 2.24) is 4.57 Å². The third-order valence-corrected chi connectivity index (χ3v) is 6.11. The predicted molar refractivity (Wildman–Crippen MR) is 114 cm³/mol. The smallest absolute Gasteiger partial charge is 0.279 e. The zero-order valence-corrected chi connectivity index (χ0v) is 17.8. The molecule has 0 bridgehead atoms. The van der Waals surface area contributed by atoms with Crippen molar-refractivity contribution in [3.05, 3.63) is 73.6 Å². The molecule has 0 aliphatic heterocycles. The van der Waals surface area contributed by atoms with E-state index in [4.69, 9.17) is 23.2 Å². The van der Waals surface area contributed by atoms with Gasteiger partial charge in [-0.2, -0.15) is 4.99 Å². The molecule has 1 heterocycles. The zero-order valence-electron chi connectivity index (χ0n) is 15.5. The summed E-state index contributed by atoms with van der Waals surface area (Å²) in [7, 11) is 0. The number of aryl methyl sites for hydroxylation is 1. The summed E-state index contributed by atoms with van der Waals surface area (Å²) >= 11 is 13.8. The van der Waals surface area contributed by atoms with Crippen LogP contribution in [0.3, 0.4) is 0 Å². The maximum Gasteiger partial charge on any atom is 0.279 e. The third-order valence-electron chi connectivity index (χ3n) is 4.23. The standard InChI is InChI=1S/C21H19Cl2FN2OS/c1-3-6-18-19(13-9-10-16(22)17(23)12-13)26(4-2)21(28-18)25-20(27)14-7-5-8-15(24)11-14/h5,7-12H,3-4,6H2,1-2H3. The highest BCUT2D eigenvalue weighted by Gasteiger charge is 2.16. The molecule has 1 amide bonds. The van der Waals surface area contributed by atoms with Crippen molar-refractivity contribution in [2.45, 2.75) is 33.2 Å². The number of nitrogens with zero attached hydrogens (tertiary/aromatic N) is 2. The Morgan fingerprint density at radius 1 is 1.14 bits per heavy atom. The fourth-order valence-electron chi connectivity index (χ4n) is 2.97. The molecule has 0 N–H and O–H groups in total. The van der Waals surface area contributed by atoms with Crippen molar-refractivity contribution >= 4 is 40.4 Å². The molecular formula is C21H19Cl2FN2OS. The highest BCUT2D eigenvalue weighted by Crippen LogP contribution is 2.32. The van der Waals surface area contributed by atoms with Crippen LogP contribution in [0.1, 0.15) is 35.5 Å². The summed E-state index contributed by atoms with van der Waals surface area (Å²) in [4.78, 5) is 18.6. The molecule has 0 atom stereocenters. The molecule has 0 saturated carbocycles. The number of rotatable bonds is 5. The second kappa shape index (κ2) is 9.03. The van der Waals surface area contributed by atoms with Gasteiger partial charge in [-0.1, -0.05) is 48.7 Å². The molecule has 7 heteroatoms. The van der Waals surface area contributed by atoms with Crippen molar-refractivity contribution in [2.75, 3.05) is 0 Å². The number of carbonyl (C=O) groups is 1. The average Bonchev–Trinajstić information content (AvgIpc) is 3.01. The Balaban J connectivity index is 2.17. The molecule has 0 radical (unpaired) electrons. The number of hydrogen-bond acceptors (Lipinski definition) is 2. The van der Waals surface area contributed by atoms with Crippen molar-refractivity contribution in [1.29, 1.82) is 0 Å². The lowest BCUT2D eigenvalue weighted by atomic mass is 10.1. The Morgan fingerprint density at radius 2 is 1.93 bits per heavy atom. The molecule has 0 aliphatic rings. The van der Waals surface area contributed by atoms with Crippen LogP contribution in [-0.4, -0.2) is 10.5 Å². The highest BCUT2D eigenvalue weighted by atomic mass is 35.5. The summed E-state index contributed by atoms with van der Waals surface area (Å²) in [6.45, 7) is 4.73. The summed E-state index contributed by atoms with van der Waals surface area (Å²) in [6, 6.07) is 11.1. The Morgan fingerprint density at radius 3 is 2.57 bits per heavy atom. The van der Waals surface area contributed by atoms with Gasteiger partial charge >= 0.3 is 0 Å². The molecular weight excluding hydrogens is 418 g/mol. The number of amides is 1. The van der Waals surface area contributed by atoms with Crippen LogP contribution >= 0.6 is 34.5 Å². The van der Waals surface area contributed by atoms with E-state index in [-0.39, 0.29) is 5.56 Å². The summed E-state index contributed by atoms with van der Waals surface area (Å²) in [5.41, 5.74) is 2.14. The van der Waals surface area contributed by atoms with Crippen molar-refractivity contribution in [2.24, 2.45) is 4.99 Å². The van der Waals surface area contributed by atoms with Crippen molar-refractivity contribution in [3.63, 3.8) is 0 Å². The summed E-state index contributed by atoms with van der Waals surface area (Å²) < 4.78 is 15.4. The minimum Gasteiger partial charge on any atom is -0.316 e. The molecule has 0 unspecified atom stereocenters. The predicted octanol–water partition coefficient (Wildman–Crippen LogP) is 6.38. The van der Waals surface area contributed by atoms with E-state index in [1.807, 2.05) is 23.6 Å². The first-order valence-electron chi connectivity index (χ1n) is 8.97. The fraction of sp³-hybridized carbons (Fsp3) is 0.238. The van der Waals surface area contributed by atoms with Crippen LogP contribution in [0.25, 0.3) is 11.3 Å². The minimum atomic E-state index is -0.466. The minimum absolute atomic E-state index is 0.226. The number of benzene rings is 2. The monoisotopic (exact) mass is 436 g/mol. The number of carbonyl (C=O) groups excluding carboxylic acids is 1. The van der Waals surface area contributed by atoms with Gasteiger partial charge in [0.2, 0.25) is 0 Å². The lowest BCUT2D eigenvalue weighted by Gasteiger charge is -2.10. The van der Waals surface area contributed by atoms with E-state index < -0.39 is 11.7 Å². The van der Waals surface area contributed by atoms with Crippen molar-refractivity contribution < 1.29 is 9.18 Å². The van der Waals surface area contributed by atoms with Gasteiger partial charge < -0.3 is 4.57 Å². The van der Waals surface area contributed by atoms with E-state index in [2.05, 4.69) is 11.9 Å². The van der Waals surface area contributed by atoms with Crippen LogP contribution in [0.5, 0.6) is 0 Å². The number of thiazole rings is 1. The largest absolute Gasteiger partial charge is 0.316 e. The Bertz CT molecular complexity index is 1090. The number of hydrogen-bond donors (Lipinski definition) is 0. The molecule has 0 aliphatic carbocycles. The average molecular weight is 437 g/mol. The van der Waals surface area contributed by atoms with E-state index >= 15 is 0 Å². The number of aromatic nitrogens is 1. The van der Waals surface area contributed by atoms with Gasteiger partial charge in [0.15, 0.2) is 4.80 Å². The fourth-order valence-corrected chi connectivity index (χ4v) is 4.57. The molecule has 146 valence electrons. The molecule has 1 aromatic heterocycles. The van der Waals surface area contributed by atoms with E-state index in [9.17, 15) is 9.18 Å². The lowest BCUT2D eigenvalue weighted by Crippen LogP contribution is -2.17. The van der Waals surface area contributed by atoms with Crippen LogP contribution in [0.15, 0.2) is 47.5 Å². The molecule has 0 fully saturated rings.